The molecule has 0 radical (unpaired) electrons. The summed E-state index contributed by atoms with van der Waals surface area (Å²) in [5, 5.41) is 17.1. The van der Waals surface area contributed by atoms with Gasteiger partial charge in [0.2, 0.25) is 0 Å². The Morgan fingerprint density at radius 2 is 1.35 bits per heavy atom. The molecule has 1 aliphatic heterocycles. The van der Waals surface area contributed by atoms with Gasteiger partial charge in [-0.1, -0.05) is 5.57 Å². The van der Waals surface area contributed by atoms with Crippen LogP contribution in [0.25, 0.3) is 0 Å². The fraction of sp³-hybridized carbons (Fsp3) is 0.364. The van der Waals surface area contributed by atoms with Gasteiger partial charge in [-0.25, -0.2) is 0 Å². The van der Waals surface area contributed by atoms with Crippen LogP contribution >= 0.6 is 12.2 Å². The summed E-state index contributed by atoms with van der Waals surface area (Å²) in [5.41, 5.74) is 0.0920. The average Bonchev–Trinajstić information content (AvgIpc) is 2.29. The molecule has 9 heteroatoms. The number of hydrogen-bond acceptors (Lipinski definition) is 5. The first-order valence-corrected chi connectivity index (χ1v) is 5.86. The molecular weight excluding hydrogens is 288 g/mol. The predicted octanol–water partition coefficient (Wildman–Crippen LogP) is -0.552. The molecule has 1 saturated heterocycles. The van der Waals surface area contributed by atoms with Gasteiger partial charge in [0.05, 0.1) is 0 Å². The molecule has 0 aromatic rings. The van der Waals surface area contributed by atoms with E-state index in [0.717, 1.165) is 0 Å². The van der Waals surface area contributed by atoms with Crippen molar-refractivity contribution < 1.29 is 29.4 Å². The van der Waals surface area contributed by atoms with Crippen molar-refractivity contribution in [2.75, 3.05) is 13.1 Å². The van der Waals surface area contributed by atoms with Gasteiger partial charge in [0, 0.05) is 0 Å². The van der Waals surface area contributed by atoms with Gasteiger partial charge in [-0.05, 0) is 26.1 Å². The summed E-state index contributed by atoms with van der Waals surface area (Å²) in [5.74, 6) is -4.30. The number of carboxylic acid groups (broad SMARTS) is 2. The maximum absolute atomic E-state index is 12.1. The van der Waals surface area contributed by atoms with Gasteiger partial charge in [-0.15, -0.1) is 0 Å². The topological polar surface area (TPSA) is 115 Å². The molecule has 0 aromatic heterocycles. The fourth-order valence-corrected chi connectivity index (χ4v) is 1.95. The highest BCUT2D eigenvalue weighted by Crippen LogP contribution is 2.20. The first kappa shape index (κ1) is 15.8. The minimum atomic E-state index is -1.32. The Hall–Kier alpha value is -2.29. The number of carboxylic acids is 2. The van der Waals surface area contributed by atoms with E-state index in [4.69, 9.17) is 22.4 Å². The zero-order valence-corrected chi connectivity index (χ0v) is 11.6. The molecule has 0 atom stereocenters. The maximum Gasteiger partial charge on any atom is 0.323 e. The summed E-state index contributed by atoms with van der Waals surface area (Å²) in [7, 11) is 0. The third kappa shape index (κ3) is 2.99. The monoisotopic (exact) mass is 300 g/mol. The highest BCUT2D eigenvalue weighted by atomic mass is 32.1. The molecule has 20 heavy (non-hydrogen) atoms. The highest BCUT2D eigenvalue weighted by Gasteiger charge is 2.41. The Kier molecular flexibility index (Phi) is 4.56. The largest absolute Gasteiger partial charge is 0.480 e. The van der Waals surface area contributed by atoms with Gasteiger partial charge in [0.25, 0.3) is 11.8 Å². The van der Waals surface area contributed by atoms with E-state index >= 15 is 0 Å². The van der Waals surface area contributed by atoms with Gasteiger partial charge in [0.1, 0.15) is 18.7 Å². The van der Waals surface area contributed by atoms with E-state index in [1.165, 1.54) is 13.8 Å². The number of carbonyl (C=O) groups is 4. The SMILES string of the molecule is CC(C)=C1C(=O)N(CC(=O)O)C(=S)N(CC(=O)O)C1=O. The van der Waals surface area contributed by atoms with Gasteiger partial charge in [0.15, 0.2) is 5.11 Å². The van der Waals surface area contributed by atoms with Crippen LogP contribution in [0.4, 0.5) is 0 Å². The van der Waals surface area contributed by atoms with Gasteiger partial charge in [-0.2, -0.15) is 0 Å². The third-order valence-corrected chi connectivity index (χ3v) is 2.91. The minimum absolute atomic E-state index is 0.263. The number of amides is 2. The molecule has 2 N–H and O–H groups in total. The molecule has 1 rings (SSSR count). The van der Waals surface area contributed by atoms with Crippen LogP contribution in [0.15, 0.2) is 11.1 Å². The number of rotatable bonds is 4. The predicted molar refractivity (Wildman–Crippen MR) is 69.7 cm³/mol. The number of allylic oxidation sites excluding steroid dienone is 1. The summed E-state index contributed by atoms with van der Waals surface area (Å²) < 4.78 is 0. The number of nitrogens with zero attached hydrogens (tertiary/aromatic N) is 2. The van der Waals surface area contributed by atoms with E-state index in [0.29, 0.717) is 15.4 Å². The Balaban J connectivity index is 3.29. The molecule has 0 aliphatic carbocycles. The third-order valence-electron chi connectivity index (χ3n) is 2.47. The molecule has 8 nitrogen and oxygen atoms in total. The van der Waals surface area contributed by atoms with Crippen LogP contribution in [0, 0.1) is 0 Å². The highest BCUT2D eigenvalue weighted by molar-refractivity contribution is 7.80. The summed E-state index contributed by atoms with van der Waals surface area (Å²) >= 11 is 4.84. The van der Waals surface area contributed by atoms with Crippen LogP contribution in [0.5, 0.6) is 0 Å². The lowest BCUT2D eigenvalue weighted by atomic mass is 10.1. The second kappa shape index (κ2) is 5.78. The molecule has 2 amide bonds. The Bertz CT molecular complexity index is 509. The number of thiocarbonyl (C=S) groups is 1. The van der Waals surface area contributed by atoms with Crippen molar-refractivity contribution in [1.29, 1.82) is 0 Å². The van der Waals surface area contributed by atoms with Crippen LogP contribution in [0.3, 0.4) is 0 Å². The van der Waals surface area contributed by atoms with Crippen molar-refractivity contribution in [3.05, 3.63) is 11.1 Å². The lowest BCUT2D eigenvalue weighted by Crippen LogP contribution is -2.58. The average molecular weight is 300 g/mol. The lowest BCUT2D eigenvalue weighted by molar-refractivity contribution is -0.145. The Morgan fingerprint density at radius 3 is 1.60 bits per heavy atom. The number of carbonyl (C=O) groups excluding carboxylic acids is 2. The van der Waals surface area contributed by atoms with Crippen molar-refractivity contribution in [2.24, 2.45) is 0 Å². The van der Waals surface area contributed by atoms with Crippen LogP contribution in [0.2, 0.25) is 0 Å². The van der Waals surface area contributed by atoms with Crippen molar-refractivity contribution >= 4 is 41.1 Å². The molecule has 1 aliphatic rings. The summed E-state index contributed by atoms with van der Waals surface area (Å²) in [4.78, 5) is 47.1. The molecule has 1 heterocycles. The van der Waals surface area contributed by atoms with Crippen molar-refractivity contribution in [3.8, 4) is 0 Å². The molecular formula is C11H12N2O6S. The van der Waals surface area contributed by atoms with Crippen LogP contribution < -0.4 is 0 Å². The van der Waals surface area contributed by atoms with Crippen LogP contribution in [-0.4, -0.2) is 62.0 Å². The van der Waals surface area contributed by atoms with Crippen LogP contribution in [-0.2, 0) is 19.2 Å². The summed E-state index contributed by atoms with van der Waals surface area (Å²) in [6, 6.07) is 0. The second-order valence-electron chi connectivity index (χ2n) is 4.23. The van der Waals surface area contributed by atoms with E-state index in [9.17, 15) is 19.2 Å². The van der Waals surface area contributed by atoms with Gasteiger partial charge in [-0.3, -0.25) is 29.0 Å². The molecule has 108 valence electrons. The van der Waals surface area contributed by atoms with Gasteiger partial charge < -0.3 is 10.2 Å². The standard InChI is InChI=1S/C11H12N2O6S/c1-5(2)8-9(18)12(3-6(14)15)11(20)13(10(8)19)4-7(16)17/h3-4H2,1-2H3,(H,14,15)(H,16,17). The van der Waals surface area contributed by atoms with Crippen LogP contribution in [0.1, 0.15) is 13.8 Å². The molecule has 0 unspecified atom stereocenters. The number of aliphatic carboxylic acids is 2. The van der Waals surface area contributed by atoms with Crippen molar-refractivity contribution in [1.82, 2.24) is 9.80 Å². The lowest BCUT2D eigenvalue weighted by Gasteiger charge is -2.35. The van der Waals surface area contributed by atoms with Crippen molar-refractivity contribution in [3.63, 3.8) is 0 Å². The molecule has 0 aromatic carbocycles. The summed E-state index contributed by atoms with van der Waals surface area (Å²) in [6.07, 6.45) is 0. The molecule has 0 saturated carbocycles. The number of hydrogen-bond donors (Lipinski definition) is 2. The van der Waals surface area contributed by atoms with Gasteiger partial charge >= 0.3 is 11.9 Å². The van der Waals surface area contributed by atoms with E-state index < -0.39 is 42.0 Å². The minimum Gasteiger partial charge on any atom is -0.480 e. The molecule has 1 fully saturated rings. The Morgan fingerprint density at radius 1 is 1.00 bits per heavy atom. The first-order valence-electron chi connectivity index (χ1n) is 5.45. The molecule has 0 spiro atoms. The van der Waals surface area contributed by atoms with E-state index in [2.05, 4.69) is 0 Å². The quantitative estimate of drug-likeness (QED) is 0.406. The zero-order valence-electron chi connectivity index (χ0n) is 10.7. The normalized spacial score (nSPS) is 15.7. The maximum atomic E-state index is 12.1. The van der Waals surface area contributed by atoms with E-state index in [1.54, 1.807) is 0 Å². The zero-order chi connectivity index (χ0) is 15.6. The summed E-state index contributed by atoms with van der Waals surface area (Å²) in [6.45, 7) is 1.52. The fourth-order valence-electron chi connectivity index (χ4n) is 1.66. The van der Waals surface area contributed by atoms with E-state index in [-0.39, 0.29) is 5.57 Å². The second-order valence-corrected chi connectivity index (χ2v) is 4.59. The van der Waals surface area contributed by atoms with Crippen molar-refractivity contribution in [2.45, 2.75) is 13.8 Å². The first-order chi connectivity index (χ1) is 9.16. The van der Waals surface area contributed by atoms with E-state index in [1.807, 2.05) is 0 Å². The smallest absolute Gasteiger partial charge is 0.323 e. The Labute approximate surface area is 119 Å². The molecule has 0 bridgehead atoms.